The van der Waals surface area contributed by atoms with Gasteiger partial charge in [0.2, 0.25) is 5.39 Å². The van der Waals surface area contributed by atoms with Gasteiger partial charge in [0.05, 0.1) is 0 Å². The summed E-state index contributed by atoms with van der Waals surface area (Å²) in [5.74, 6) is 0. The number of hydrogen-bond donors (Lipinski definition) is 1. The highest BCUT2D eigenvalue weighted by Crippen LogP contribution is 2.30. The summed E-state index contributed by atoms with van der Waals surface area (Å²) in [5, 5.41) is 10.6. The number of diazo groups is 1. The van der Waals surface area contributed by atoms with E-state index < -0.39 is 0 Å². The van der Waals surface area contributed by atoms with Crippen LogP contribution in [0.25, 0.3) is 15.7 Å². The molecular formula is C10H8N3+. The van der Waals surface area contributed by atoms with Gasteiger partial charge in [-0.3, -0.25) is 0 Å². The predicted molar refractivity (Wildman–Crippen MR) is 53.1 cm³/mol. The lowest BCUT2D eigenvalue weighted by Crippen LogP contribution is -1.86. The second-order valence-corrected chi connectivity index (χ2v) is 2.82. The third-order valence-electron chi connectivity index (χ3n) is 2.06. The number of benzene rings is 2. The Morgan fingerprint density at radius 3 is 2.62 bits per heavy atom. The zero-order valence-corrected chi connectivity index (χ0v) is 6.94. The second-order valence-electron chi connectivity index (χ2n) is 2.82. The smallest absolute Gasteiger partial charge is 0.392 e. The van der Waals surface area contributed by atoms with Crippen molar-refractivity contribution in [3.8, 4) is 0 Å². The van der Waals surface area contributed by atoms with Crippen LogP contribution in [0.3, 0.4) is 0 Å². The van der Waals surface area contributed by atoms with Crippen LogP contribution in [-0.4, -0.2) is 0 Å². The van der Waals surface area contributed by atoms with Crippen molar-refractivity contribution in [3.05, 3.63) is 41.4 Å². The average molecular weight is 170 g/mol. The Labute approximate surface area is 75.4 Å². The van der Waals surface area contributed by atoms with Crippen molar-refractivity contribution in [3.63, 3.8) is 0 Å². The molecule has 0 fully saturated rings. The van der Waals surface area contributed by atoms with E-state index in [1.165, 1.54) is 0 Å². The molecule has 0 radical (unpaired) electrons. The summed E-state index contributed by atoms with van der Waals surface area (Å²) in [6.45, 7) is 0. The summed E-state index contributed by atoms with van der Waals surface area (Å²) >= 11 is 0. The van der Waals surface area contributed by atoms with Gasteiger partial charge in [0.15, 0.2) is 4.98 Å². The van der Waals surface area contributed by atoms with Crippen molar-refractivity contribution in [1.82, 2.24) is 0 Å². The molecule has 0 bridgehead atoms. The number of nitrogen functional groups attached to an aromatic ring is 1. The second kappa shape index (κ2) is 2.76. The first-order valence-corrected chi connectivity index (χ1v) is 3.95. The summed E-state index contributed by atoms with van der Waals surface area (Å²) in [7, 11) is 0. The van der Waals surface area contributed by atoms with Crippen LogP contribution in [0, 0.1) is 5.39 Å². The fourth-order valence-corrected chi connectivity index (χ4v) is 1.37. The quantitative estimate of drug-likeness (QED) is 0.488. The molecule has 0 aliphatic heterocycles. The van der Waals surface area contributed by atoms with Crippen LogP contribution < -0.4 is 5.73 Å². The average Bonchev–Trinajstić information content (AvgIpc) is 2.19. The normalized spacial score (nSPS) is 9.77. The van der Waals surface area contributed by atoms with E-state index in [1.807, 2.05) is 30.3 Å². The Hall–Kier alpha value is -2.08. The first kappa shape index (κ1) is 7.56. The van der Waals surface area contributed by atoms with Crippen LogP contribution in [0.4, 0.5) is 11.4 Å². The third kappa shape index (κ3) is 1.09. The predicted octanol–water partition coefficient (Wildman–Crippen LogP) is 2.91. The summed E-state index contributed by atoms with van der Waals surface area (Å²) in [6.07, 6.45) is 0. The summed E-state index contributed by atoms with van der Waals surface area (Å²) < 4.78 is 0. The Kier molecular flexibility index (Phi) is 1.60. The third-order valence-corrected chi connectivity index (χ3v) is 2.06. The first-order chi connectivity index (χ1) is 6.33. The SMILES string of the molecule is N#[N+]c1ccc2ccccc2c1N. The molecule has 0 aliphatic rings. The monoisotopic (exact) mass is 170 g/mol. The number of rotatable bonds is 0. The highest BCUT2D eigenvalue weighted by atomic mass is 14.9. The Bertz CT molecular complexity index is 497. The van der Waals surface area contributed by atoms with Crippen molar-refractivity contribution in [1.29, 1.82) is 5.39 Å². The summed E-state index contributed by atoms with van der Waals surface area (Å²) in [4.78, 5) is 3.10. The van der Waals surface area contributed by atoms with Crippen molar-refractivity contribution < 1.29 is 0 Å². The van der Waals surface area contributed by atoms with Crippen LogP contribution in [-0.2, 0) is 0 Å². The molecule has 0 saturated carbocycles. The lowest BCUT2D eigenvalue weighted by molar-refractivity contribution is 1.47. The topological polar surface area (TPSA) is 54.2 Å². The first-order valence-electron chi connectivity index (χ1n) is 3.95. The molecule has 0 atom stereocenters. The fraction of sp³-hybridized carbons (Fsp3) is 0. The maximum Gasteiger partial charge on any atom is 0.408 e. The zero-order valence-electron chi connectivity index (χ0n) is 6.94. The number of nitrogens with zero attached hydrogens (tertiary/aromatic N) is 2. The van der Waals surface area contributed by atoms with Gasteiger partial charge in [-0.25, -0.2) is 0 Å². The molecule has 3 nitrogen and oxygen atoms in total. The van der Waals surface area contributed by atoms with Gasteiger partial charge < -0.3 is 5.73 Å². The lowest BCUT2D eigenvalue weighted by atomic mass is 10.1. The van der Waals surface area contributed by atoms with E-state index in [1.54, 1.807) is 6.07 Å². The van der Waals surface area contributed by atoms with E-state index in [0.29, 0.717) is 11.4 Å². The molecule has 13 heavy (non-hydrogen) atoms. The fourth-order valence-electron chi connectivity index (χ4n) is 1.37. The molecule has 0 spiro atoms. The molecular weight excluding hydrogens is 162 g/mol. The van der Waals surface area contributed by atoms with Crippen LogP contribution in [0.2, 0.25) is 0 Å². The van der Waals surface area contributed by atoms with Gasteiger partial charge >= 0.3 is 5.69 Å². The van der Waals surface area contributed by atoms with Crippen molar-refractivity contribution in [2.24, 2.45) is 0 Å². The Balaban J connectivity index is 2.89. The minimum atomic E-state index is 0.415. The van der Waals surface area contributed by atoms with Crippen LogP contribution in [0.1, 0.15) is 0 Å². The number of nitrogens with two attached hydrogens (primary N) is 1. The highest BCUT2D eigenvalue weighted by molar-refractivity contribution is 5.98. The van der Waals surface area contributed by atoms with E-state index >= 15 is 0 Å². The minimum absolute atomic E-state index is 0.415. The molecule has 2 rings (SSSR count). The Morgan fingerprint density at radius 1 is 1.08 bits per heavy atom. The number of anilines is 1. The molecule has 2 aromatic rings. The standard InChI is InChI=1S/C10H8N3/c11-10-8-4-2-1-3-7(8)5-6-9(10)13-12/h1-6H,11H2/q+1. The molecule has 0 amide bonds. The molecule has 0 unspecified atom stereocenters. The molecule has 2 N–H and O–H groups in total. The largest absolute Gasteiger partial charge is 0.408 e. The van der Waals surface area contributed by atoms with Crippen LogP contribution in [0.15, 0.2) is 36.4 Å². The van der Waals surface area contributed by atoms with Gasteiger partial charge in [-0.05, 0) is 11.5 Å². The molecule has 0 aliphatic carbocycles. The van der Waals surface area contributed by atoms with Gasteiger partial charge in [0, 0.05) is 11.5 Å². The molecule has 2 aromatic carbocycles. The number of hydrogen-bond acceptors (Lipinski definition) is 2. The van der Waals surface area contributed by atoms with Crippen molar-refractivity contribution in [2.45, 2.75) is 0 Å². The lowest BCUT2D eigenvalue weighted by Gasteiger charge is -1.96. The maximum atomic E-state index is 8.62. The zero-order chi connectivity index (χ0) is 9.26. The van der Waals surface area contributed by atoms with Crippen LogP contribution in [0.5, 0.6) is 0 Å². The number of fused-ring (bicyclic) bond motifs is 1. The van der Waals surface area contributed by atoms with Crippen molar-refractivity contribution in [2.75, 3.05) is 5.73 Å². The molecule has 0 heterocycles. The maximum absolute atomic E-state index is 8.62. The van der Waals surface area contributed by atoms with Gasteiger partial charge in [0.25, 0.3) is 0 Å². The highest BCUT2D eigenvalue weighted by Gasteiger charge is 2.12. The van der Waals surface area contributed by atoms with Gasteiger partial charge in [-0.1, -0.05) is 24.3 Å². The van der Waals surface area contributed by atoms with E-state index in [4.69, 9.17) is 11.1 Å². The summed E-state index contributed by atoms with van der Waals surface area (Å²) in [6, 6.07) is 11.3. The Morgan fingerprint density at radius 2 is 1.85 bits per heavy atom. The molecule has 62 valence electrons. The molecule has 0 aromatic heterocycles. The molecule has 0 saturated heterocycles. The van der Waals surface area contributed by atoms with Gasteiger partial charge in [0.1, 0.15) is 5.69 Å². The van der Waals surface area contributed by atoms with E-state index in [-0.39, 0.29) is 0 Å². The minimum Gasteiger partial charge on any atom is -0.392 e. The summed E-state index contributed by atoms with van der Waals surface area (Å²) in [5.41, 5.74) is 6.71. The van der Waals surface area contributed by atoms with Crippen molar-refractivity contribution >= 4 is 22.1 Å². The van der Waals surface area contributed by atoms with Gasteiger partial charge in [-0.2, -0.15) is 0 Å². The van der Waals surface area contributed by atoms with E-state index in [0.717, 1.165) is 10.8 Å². The van der Waals surface area contributed by atoms with E-state index in [9.17, 15) is 0 Å². The van der Waals surface area contributed by atoms with E-state index in [2.05, 4.69) is 4.98 Å². The molecule has 3 heteroatoms. The van der Waals surface area contributed by atoms with Crippen LogP contribution >= 0.6 is 0 Å². The van der Waals surface area contributed by atoms with Gasteiger partial charge in [-0.15, -0.1) is 0 Å².